The van der Waals surface area contributed by atoms with Crippen LogP contribution in [-0.2, 0) is 17.8 Å². The largest absolute Gasteiger partial charge is 0.366 e. The van der Waals surface area contributed by atoms with Crippen LogP contribution < -0.4 is 16.0 Å². The van der Waals surface area contributed by atoms with Gasteiger partial charge in [0.25, 0.3) is 0 Å². The average molecular weight is 373 g/mol. The van der Waals surface area contributed by atoms with Crippen LogP contribution in [0.3, 0.4) is 0 Å². The van der Waals surface area contributed by atoms with Gasteiger partial charge in [0.1, 0.15) is 5.82 Å². The van der Waals surface area contributed by atoms with Gasteiger partial charge in [-0.25, -0.2) is 4.98 Å². The van der Waals surface area contributed by atoms with Crippen LogP contribution in [0.15, 0.2) is 48.7 Å². The Hall–Kier alpha value is -3.41. The Morgan fingerprint density at radius 2 is 2.00 bits per heavy atom. The van der Waals surface area contributed by atoms with Crippen molar-refractivity contribution in [3.8, 4) is 0 Å². The number of hydrogen-bond acceptors (Lipinski definition) is 5. The molecule has 0 radical (unpaired) electrons. The van der Waals surface area contributed by atoms with Gasteiger partial charge in [-0.05, 0) is 49.6 Å². The van der Waals surface area contributed by atoms with Crippen molar-refractivity contribution in [1.82, 2.24) is 9.97 Å². The summed E-state index contributed by atoms with van der Waals surface area (Å²) >= 11 is 0. The highest BCUT2D eigenvalue weighted by Crippen LogP contribution is 2.27. The molecule has 142 valence electrons. The van der Waals surface area contributed by atoms with Crippen LogP contribution in [0, 0.1) is 13.8 Å². The lowest BCUT2D eigenvalue weighted by molar-refractivity contribution is -0.116. The zero-order valence-corrected chi connectivity index (χ0v) is 16.0. The van der Waals surface area contributed by atoms with Crippen molar-refractivity contribution in [1.29, 1.82) is 0 Å². The molecule has 0 unspecified atom stereocenters. The number of nitrogens with zero attached hydrogens (tertiary/aromatic N) is 2. The number of fused-ring (bicyclic) bond motifs is 1. The molecule has 3 N–H and O–H groups in total. The van der Waals surface area contributed by atoms with E-state index in [1.165, 1.54) is 11.1 Å². The highest BCUT2D eigenvalue weighted by atomic mass is 16.1. The van der Waals surface area contributed by atoms with E-state index < -0.39 is 0 Å². The van der Waals surface area contributed by atoms with E-state index in [-0.39, 0.29) is 5.91 Å². The summed E-state index contributed by atoms with van der Waals surface area (Å²) in [5.41, 5.74) is 6.35. The van der Waals surface area contributed by atoms with Crippen LogP contribution in [0.2, 0.25) is 0 Å². The zero-order valence-electron chi connectivity index (χ0n) is 16.0. The van der Waals surface area contributed by atoms with Crippen molar-refractivity contribution >= 4 is 29.0 Å². The molecule has 0 aliphatic carbocycles. The third kappa shape index (κ3) is 4.11. The number of hydrogen-bond donors (Lipinski definition) is 3. The quantitative estimate of drug-likeness (QED) is 0.620. The summed E-state index contributed by atoms with van der Waals surface area (Å²) < 4.78 is 0. The molecule has 1 aliphatic rings. The van der Waals surface area contributed by atoms with Gasteiger partial charge in [0.2, 0.25) is 11.9 Å². The van der Waals surface area contributed by atoms with Gasteiger partial charge in [-0.15, -0.1) is 0 Å². The fourth-order valence-corrected chi connectivity index (χ4v) is 3.28. The number of amides is 1. The fourth-order valence-electron chi connectivity index (χ4n) is 3.28. The minimum absolute atomic E-state index is 0.0689. The molecule has 28 heavy (non-hydrogen) atoms. The number of aromatic nitrogens is 2. The maximum atomic E-state index is 11.5. The standard InChI is InChI=1S/C22H23N5O/c1-14-4-3-5-16(10-14)13-23-21-15(2)12-24-22(27-21)25-18-7-8-19-17(11-18)6-9-20(28)26-19/h3-5,7-8,10-12H,6,9,13H2,1-2H3,(H,26,28)(H2,23,24,25,27). The molecule has 1 aromatic heterocycles. The molecule has 6 nitrogen and oxygen atoms in total. The lowest BCUT2D eigenvalue weighted by atomic mass is 10.0. The summed E-state index contributed by atoms with van der Waals surface area (Å²) in [7, 11) is 0. The number of rotatable bonds is 5. The van der Waals surface area contributed by atoms with E-state index in [0.717, 1.165) is 34.7 Å². The maximum Gasteiger partial charge on any atom is 0.229 e. The van der Waals surface area contributed by atoms with Crippen LogP contribution in [0.5, 0.6) is 0 Å². The average Bonchev–Trinajstić information content (AvgIpc) is 2.68. The van der Waals surface area contributed by atoms with Crippen LogP contribution >= 0.6 is 0 Å². The second-order valence-corrected chi connectivity index (χ2v) is 7.11. The van der Waals surface area contributed by atoms with Gasteiger partial charge in [0.05, 0.1) is 0 Å². The maximum absolute atomic E-state index is 11.5. The summed E-state index contributed by atoms with van der Waals surface area (Å²) in [6, 6.07) is 14.3. The minimum atomic E-state index is 0.0689. The molecule has 0 spiro atoms. The normalized spacial score (nSPS) is 12.9. The highest BCUT2D eigenvalue weighted by molar-refractivity contribution is 5.94. The first-order valence-corrected chi connectivity index (χ1v) is 9.40. The van der Waals surface area contributed by atoms with Crippen molar-refractivity contribution in [2.75, 3.05) is 16.0 Å². The minimum Gasteiger partial charge on any atom is -0.366 e. The molecule has 0 atom stereocenters. The molecule has 0 fully saturated rings. The Bertz CT molecular complexity index is 1030. The third-order valence-electron chi connectivity index (χ3n) is 4.77. The van der Waals surface area contributed by atoms with E-state index in [0.29, 0.717) is 18.9 Å². The van der Waals surface area contributed by atoms with Gasteiger partial charge in [-0.2, -0.15) is 4.98 Å². The van der Waals surface area contributed by atoms with Gasteiger partial charge in [-0.1, -0.05) is 29.8 Å². The molecule has 0 saturated heterocycles. The van der Waals surface area contributed by atoms with Crippen molar-refractivity contribution in [3.63, 3.8) is 0 Å². The summed E-state index contributed by atoms with van der Waals surface area (Å²) in [4.78, 5) is 20.5. The summed E-state index contributed by atoms with van der Waals surface area (Å²) in [6.07, 6.45) is 3.08. The monoisotopic (exact) mass is 373 g/mol. The van der Waals surface area contributed by atoms with Gasteiger partial charge in [0.15, 0.2) is 0 Å². The predicted molar refractivity (Wildman–Crippen MR) is 112 cm³/mol. The first-order valence-electron chi connectivity index (χ1n) is 9.40. The molecular formula is C22H23N5O. The van der Waals surface area contributed by atoms with E-state index >= 15 is 0 Å². The van der Waals surface area contributed by atoms with Gasteiger partial charge in [-0.3, -0.25) is 4.79 Å². The van der Waals surface area contributed by atoms with Gasteiger partial charge >= 0.3 is 0 Å². The number of carbonyl (C=O) groups is 1. The Morgan fingerprint density at radius 3 is 2.86 bits per heavy atom. The van der Waals surface area contributed by atoms with E-state index in [1.54, 1.807) is 0 Å². The number of benzene rings is 2. The summed E-state index contributed by atoms with van der Waals surface area (Å²) in [5.74, 6) is 1.42. The number of anilines is 4. The van der Waals surface area contributed by atoms with E-state index in [1.807, 2.05) is 31.3 Å². The van der Waals surface area contributed by atoms with Crippen LogP contribution in [0.25, 0.3) is 0 Å². The van der Waals surface area contributed by atoms with Crippen molar-refractivity contribution in [2.24, 2.45) is 0 Å². The lowest BCUT2D eigenvalue weighted by Crippen LogP contribution is -2.18. The zero-order chi connectivity index (χ0) is 19.5. The van der Waals surface area contributed by atoms with Crippen molar-refractivity contribution in [2.45, 2.75) is 33.2 Å². The van der Waals surface area contributed by atoms with Crippen molar-refractivity contribution in [3.05, 3.63) is 70.9 Å². The van der Waals surface area contributed by atoms with E-state index in [2.05, 4.69) is 57.1 Å². The van der Waals surface area contributed by atoms with E-state index in [9.17, 15) is 4.79 Å². The van der Waals surface area contributed by atoms with Crippen LogP contribution in [-0.4, -0.2) is 15.9 Å². The van der Waals surface area contributed by atoms with Crippen LogP contribution in [0.1, 0.15) is 28.7 Å². The molecule has 1 aliphatic heterocycles. The third-order valence-corrected chi connectivity index (χ3v) is 4.77. The second-order valence-electron chi connectivity index (χ2n) is 7.11. The highest BCUT2D eigenvalue weighted by Gasteiger charge is 2.15. The Morgan fingerprint density at radius 1 is 1.11 bits per heavy atom. The number of aryl methyl sites for hydroxylation is 3. The number of nitrogens with one attached hydrogen (secondary N) is 3. The Labute approximate surface area is 164 Å². The Balaban J connectivity index is 1.48. The molecular weight excluding hydrogens is 350 g/mol. The SMILES string of the molecule is Cc1cccc(CNc2nc(Nc3ccc4c(c3)CCC(=O)N4)ncc2C)c1. The molecule has 2 heterocycles. The van der Waals surface area contributed by atoms with Crippen LogP contribution in [0.4, 0.5) is 23.1 Å². The molecule has 1 amide bonds. The molecule has 3 aromatic rings. The van der Waals surface area contributed by atoms with Gasteiger partial charge < -0.3 is 16.0 Å². The lowest BCUT2D eigenvalue weighted by Gasteiger charge is -2.18. The summed E-state index contributed by atoms with van der Waals surface area (Å²) in [5, 5.41) is 9.56. The second kappa shape index (κ2) is 7.68. The molecule has 0 saturated carbocycles. The first-order chi connectivity index (χ1) is 13.6. The fraction of sp³-hybridized carbons (Fsp3) is 0.227. The number of carbonyl (C=O) groups excluding carboxylic acids is 1. The van der Waals surface area contributed by atoms with E-state index in [4.69, 9.17) is 0 Å². The molecule has 6 heteroatoms. The first kappa shape index (κ1) is 18.0. The Kier molecular flexibility index (Phi) is 4.93. The molecule has 2 aromatic carbocycles. The topological polar surface area (TPSA) is 78.9 Å². The predicted octanol–water partition coefficient (Wildman–Crippen LogP) is 4.33. The molecule has 4 rings (SSSR count). The smallest absolute Gasteiger partial charge is 0.229 e. The summed E-state index contributed by atoms with van der Waals surface area (Å²) in [6.45, 7) is 4.78. The molecule has 0 bridgehead atoms. The van der Waals surface area contributed by atoms with Crippen molar-refractivity contribution < 1.29 is 4.79 Å². The van der Waals surface area contributed by atoms with Gasteiger partial charge in [0, 0.05) is 36.1 Å².